The fourth-order valence-electron chi connectivity index (χ4n) is 2.43. The van der Waals surface area contributed by atoms with Crippen molar-refractivity contribution in [2.45, 2.75) is 12.1 Å². The zero-order chi connectivity index (χ0) is 20.1. The van der Waals surface area contributed by atoms with Gasteiger partial charge in [-0.15, -0.1) is 10.2 Å². The number of benzene rings is 2. The van der Waals surface area contributed by atoms with Crippen molar-refractivity contribution in [3.8, 4) is 0 Å². The first-order valence-electron chi connectivity index (χ1n) is 8.36. The molecule has 2 amide bonds. The van der Waals surface area contributed by atoms with Gasteiger partial charge in [-0.2, -0.15) is 0 Å². The van der Waals surface area contributed by atoms with E-state index < -0.39 is 0 Å². The van der Waals surface area contributed by atoms with Gasteiger partial charge in [0.1, 0.15) is 6.33 Å². The number of amides is 2. The lowest BCUT2D eigenvalue weighted by molar-refractivity contribution is -0.113. The first-order valence-corrected chi connectivity index (χ1v) is 9.73. The average molecular weight is 416 g/mol. The molecule has 0 aliphatic carbocycles. The number of hydrogen-bond acceptors (Lipinski definition) is 5. The number of carbonyl (C=O) groups excluding carboxylic acids is 2. The Morgan fingerprint density at radius 3 is 2.71 bits per heavy atom. The molecule has 0 unspecified atom stereocenters. The molecule has 1 heterocycles. The van der Waals surface area contributed by atoms with Gasteiger partial charge in [-0.05, 0) is 48.9 Å². The Balaban J connectivity index is 1.62. The number of carbonyl (C=O) groups is 2. The van der Waals surface area contributed by atoms with Crippen molar-refractivity contribution >= 4 is 46.6 Å². The minimum absolute atomic E-state index is 0.187. The number of nitrogens with one attached hydrogen (secondary N) is 2. The van der Waals surface area contributed by atoms with Crippen LogP contribution in [-0.4, -0.2) is 32.3 Å². The summed E-state index contributed by atoms with van der Waals surface area (Å²) in [5.41, 5.74) is 2.53. The molecule has 2 N–H and O–H groups in total. The van der Waals surface area contributed by atoms with Crippen molar-refractivity contribution in [2.24, 2.45) is 7.05 Å². The van der Waals surface area contributed by atoms with Gasteiger partial charge in [0.05, 0.1) is 5.75 Å². The first kappa shape index (κ1) is 19.9. The lowest BCUT2D eigenvalue weighted by Gasteiger charge is -2.10. The third-order valence-corrected chi connectivity index (χ3v) is 5.12. The number of hydrogen-bond donors (Lipinski definition) is 2. The van der Waals surface area contributed by atoms with Crippen LogP contribution >= 0.6 is 23.4 Å². The van der Waals surface area contributed by atoms with Crippen LogP contribution in [-0.2, 0) is 11.8 Å². The molecule has 0 fully saturated rings. The van der Waals surface area contributed by atoms with Crippen LogP contribution in [0.2, 0.25) is 5.02 Å². The fraction of sp³-hybridized carbons (Fsp3) is 0.158. The van der Waals surface area contributed by atoms with Gasteiger partial charge in [-0.1, -0.05) is 29.4 Å². The van der Waals surface area contributed by atoms with Crippen molar-refractivity contribution in [3.63, 3.8) is 0 Å². The molecule has 0 bridgehead atoms. The Morgan fingerprint density at radius 2 is 2.00 bits per heavy atom. The van der Waals surface area contributed by atoms with Gasteiger partial charge >= 0.3 is 0 Å². The molecule has 7 nitrogen and oxygen atoms in total. The molecular formula is C19H18ClN5O2S. The summed E-state index contributed by atoms with van der Waals surface area (Å²) in [5, 5.41) is 14.6. The zero-order valence-corrected chi connectivity index (χ0v) is 16.8. The van der Waals surface area contributed by atoms with Crippen LogP contribution in [0, 0.1) is 6.92 Å². The second-order valence-electron chi connectivity index (χ2n) is 6.06. The van der Waals surface area contributed by atoms with Crippen LogP contribution in [0.3, 0.4) is 0 Å². The number of halogens is 1. The Bertz CT molecular complexity index is 1020. The quantitative estimate of drug-likeness (QED) is 0.598. The highest BCUT2D eigenvalue weighted by molar-refractivity contribution is 7.99. The topological polar surface area (TPSA) is 88.9 Å². The molecule has 144 valence electrons. The van der Waals surface area contributed by atoms with E-state index in [9.17, 15) is 9.59 Å². The predicted octanol–water partition coefficient (Wildman–Crippen LogP) is 3.76. The third kappa shape index (κ3) is 5.11. The van der Waals surface area contributed by atoms with E-state index in [2.05, 4.69) is 20.8 Å². The molecule has 3 aromatic rings. The van der Waals surface area contributed by atoms with Crippen molar-refractivity contribution in [3.05, 3.63) is 64.9 Å². The van der Waals surface area contributed by atoms with Crippen molar-refractivity contribution in [1.82, 2.24) is 14.8 Å². The summed E-state index contributed by atoms with van der Waals surface area (Å²) >= 11 is 7.23. The molecule has 1 aromatic heterocycles. The number of rotatable bonds is 6. The molecule has 0 saturated carbocycles. The Kier molecular flexibility index (Phi) is 6.33. The van der Waals surface area contributed by atoms with Crippen LogP contribution in [0.15, 0.2) is 53.9 Å². The molecule has 2 aromatic carbocycles. The molecule has 0 radical (unpaired) electrons. The lowest BCUT2D eigenvalue weighted by Crippen LogP contribution is -2.16. The molecule has 0 aliphatic heterocycles. The number of thioether (sulfide) groups is 1. The van der Waals surface area contributed by atoms with E-state index in [1.807, 2.05) is 14.0 Å². The molecule has 0 saturated heterocycles. The minimum atomic E-state index is -0.269. The van der Waals surface area contributed by atoms with Gasteiger partial charge in [0.15, 0.2) is 5.16 Å². The summed E-state index contributed by atoms with van der Waals surface area (Å²) in [6.07, 6.45) is 1.57. The minimum Gasteiger partial charge on any atom is -0.325 e. The van der Waals surface area contributed by atoms with Gasteiger partial charge in [-0.3, -0.25) is 9.59 Å². The van der Waals surface area contributed by atoms with Gasteiger partial charge < -0.3 is 15.2 Å². The molecular weight excluding hydrogens is 398 g/mol. The van der Waals surface area contributed by atoms with E-state index >= 15 is 0 Å². The highest BCUT2D eigenvalue weighted by Gasteiger charge is 2.11. The molecule has 28 heavy (non-hydrogen) atoms. The maximum absolute atomic E-state index is 12.5. The average Bonchev–Trinajstić information content (AvgIpc) is 3.07. The SMILES string of the molecule is Cc1cc(Cl)ccc1NC(=O)c1cccc(NC(=O)CSc2nncn2C)c1. The number of aryl methyl sites for hydroxylation is 2. The second kappa shape index (κ2) is 8.90. The molecule has 3 rings (SSSR count). The Labute approximate surface area is 171 Å². The third-order valence-electron chi connectivity index (χ3n) is 3.85. The zero-order valence-electron chi connectivity index (χ0n) is 15.3. The summed E-state index contributed by atoms with van der Waals surface area (Å²) in [5.74, 6) is -0.276. The summed E-state index contributed by atoms with van der Waals surface area (Å²) in [6.45, 7) is 1.87. The van der Waals surface area contributed by atoms with Crippen molar-refractivity contribution in [1.29, 1.82) is 0 Å². The number of anilines is 2. The first-order chi connectivity index (χ1) is 13.4. The molecule has 0 spiro atoms. The largest absolute Gasteiger partial charge is 0.325 e. The van der Waals surface area contributed by atoms with Gasteiger partial charge in [0.2, 0.25) is 5.91 Å². The second-order valence-corrected chi connectivity index (χ2v) is 7.43. The monoisotopic (exact) mass is 415 g/mol. The van der Waals surface area contributed by atoms with E-state index in [0.29, 0.717) is 27.1 Å². The van der Waals surface area contributed by atoms with E-state index in [-0.39, 0.29) is 17.6 Å². The highest BCUT2D eigenvalue weighted by atomic mass is 35.5. The lowest BCUT2D eigenvalue weighted by atomic mass is 10.1. The maximum atomic E-state index is 12.5. The Hall–Kier alpha value is -2.84. The van der Waals surface area contributed by atoms with Crippen LogP contribution in [0.1, 0.15) is 15.9 Å². The smallest absolute Gasteiger partial charge is 0.255 e. The maximum Gasteiger partial charge on any atom is 0.255 e. The highest BCUT2D eigenvalue weighted by Crippen LogP contribution is 2.21. The van der Waals surface area contributed by atoms with E-state index in [4.69, 9.17) is 11.6 Å². The summed E-state index contributed by atoms with van der Waals surface area (Å²) in [6, 6.07) is 12.0. The standard InChI is InChI=1S/C19H18ClN5O2S/c1-12-8-14(20)6-7-16(12)23-18(27)13-4-3-5-15(9-13)22-17(26)10-28-19-24-21-11-25(19)2/h3-9,11H,10H2,1-2H3,(H,22,26)(H,23,27). The molecule has 0 atom stereocenters. The molecule has 9 heteroatoms. The van der Waals surface area contributed by atoms with E-state index in [1.54, 1.807) is 53.4 Å². The van der Waals surface area contributed by atoms with Crippen LogP contribution in [0.5, 0.6) is 0 Å². The predicted molar refractivity (Wildman–Crippen MR) is 111 cm³/mol. The van der Waals surface area contributed by atoms with Crippen LogP contribution in [0.4, 0.5) is 11.4 Å². The van der Waals surface area contributed by atoms with Crippen molar-refractivity contribution in [2.75, 3.05) is 16.4 Å². The Morgan fingerprint density at radius 1 is 1.18 bits per heavy atom. The van der Waals surface area contributed by atoms with Crippen LogP contribution in [0.25, 0.3) is 0 Å². The normalized spacial score (nSPS) is 10.5. The molecule has 0 aliphatic rings. The number of aromatic nitrogens is 3. The van der Waals surface area contributed by atoms with Crippen LogP contribution < -0.4 is 10.6 Å². The van der Waals surface area contributed by atoms with E-state index in [0.717, 1.165) is 5.56 Å². The fourth-order valence-corrected chi connectivity index (χ4v) is 3.35. The summed E-state index contributed by atoms with van der Waals surface area (Å²) in [7, 11) is 1.81. The summed E-state index contributed by atoms with van der Waals surface area (Å²) in [4.78, 5) is 24.7. The van der Waals surface area contributed by atoms with Crippen molar-refractivity contribution < 1.29 is 9.59 Å². The van der Waals surface area contributed by atoms with Gasteiger partial charge in [-0.25, -0.2) is 0 Å². The number of nitrogens with zero attached hydrogens (tertiary/aromatic N) is 3. The summed E-state index contributed by atoms with van der Waals surface area (Å²) < 4.78 is 1.74. The van der Waals surface area contributed by atoms with E-state index in [1.165, 1.54) is 11.8 Å². The van der Waals surface area contributed by atoms with Gasteiger partial charge in [0.25, 0.3) is 5.91 Å². The van der Waals surface area contributed by atoms with Gasteiger partial charge in [0, 0.05) is 29.0 Å².